The van der Waals surface area contributed by atoms with E-state index in [-0.39, 0.29) is 27.9 Å². The molecule has 1 atom stereocenters. The minimum absolute atomic E-state index is 0.0483. The third-order valence-electron chi connectivity index (χ3n) is 8.10. The number of esters is 1. The fourth-order valence-corrected chi connectivity index (χ4v) is 7.42. The van der Waals surface area contributed by atoms with Crippen LogP contribution in [-0.2, 0) is 38.0 Å². The highest BCUT2D eigenvalue weighted by Crippen LogP contribution is 2.52. The number of ether oxygens (including phenoxy) is 1. The number of sulfone groups is 1. The van der Waals surface area contributed by atoms with Gasteiger partial charge in [0.1, 0.15) is 5.76 Å². The minimum Gasteiger partial charge on any atom is -0.507 e. The quantitative estimate of drug-likeness (QED) is 0.216. The zero-order valence-corrected chi connectivity index (χ0v) is 23.5. The highest BCUT2D eigenvalue weighted by atomic mass is 32.2. The summed E-state index contributed by atoms with van der Waals surface area (Å²) in [5.41, 5.74) is 2.27. The molecule has 4 aromatic rings. The summed E-state index contributed by atoms with van der Waals surface area (Å²) >= 11 is 0. The topological polar surface area (TPSA) is 80.7 Å². The monoisotopic (exact) mass is 564 g/mol. The number of benzene rings is 4. The first-order valence-corrected chi connectivity index (χ1v) is 15.6. The third kappa shape index (κ3) is 5.57. The molecule has 1 N–H and O–H groups in total. The van der Waals surface area contributed by atoms with Gasteiger partial charge in [-0.3, -0.25) is 0 Å². The average Bonchev–Trinajstić information content (AvgIpc) is 3.79. The van der Waals surface area contributed by atoms with E-state index in [2.05, 4.69) is 0 Å². The smallest absolute Gasteiger partial charge is 0.339 e. The first kappa shape index (κ1) is 27.0. The van der Waals surface area contributed by atoms with Gasteiger partial charge in [0.25, 0.3) is 0 Å². The van der Waals surface area contributed by atoms with Crippen LogP contribution in [0.15, 0.2) is 131 Å². The highest BCUT2D eigenvalue weighted by Gasteiger charge is 2.53. The van der Waals surface area contributed by atoms with Crippen molar-refractivity contribution in [3.63, 3.8) is 0 Å². The summed E-state index contributed by atoms with van der Waals surface area (Å²) < 4.78 is 32.9. The molecule has 0 spiro atoms. The largest absolute Gasteiger partial charge is 0.507 e. The van der Waals surface area contributed by atoms with Gasteiger partial charge in [-0.2, -0.15) is 0 Å². The summed E-state index contributed by atoms with van der Waals surface area (Å²) in [6.45, 7) is 0. The van der Waals surface area contributed by atoms with Gasteiger partial charge >= 0.3 is 5.97 Å². The lowest BCUT2D eigenvalue weighted by Gasteiger charge is -2.29. The van der Waals surface area contributed by atoms with Gasteiger partial charge in [-0.15, -0.1) is 0 Å². The van der Waals surface area contributed by atoms with Crippen LogP contribution in [0.1, 0.15) is 41.0 Å². The molecule has 4 aromatic carbocycles. The molecule has 6 rings (SSSR count). The molecule has 208 valence electrons. The van der Waals surface area contributed by atoms with Gasteiger partial charge in [-0.1, -0.05) is 103 Å². The van der Waals surface area contributed by atoms with Crippen molar-refractivity contribution >= 4 is 15.8 Å². The molecule has 1 heterocycles. The summed E-state index contributed by atoms with van der Waals surface area (Å²) in [7, 11) is -3.62. The lowest BCUT2D eigenvalue weighted by Crippen LogP contribution is -2.37. The fraction of sp³-hybridized carbons (Fsp3) is 0.229. The fourth-order valence-electron chi connectivity index (χ4n) is 6.01. The van der Waals surface area contributed by atoms with Gasteiger partial charge < -0.3 is 9.84 Å². The SMILES string of the molecule is O=C1OC(Cc2ccccc2)(Cc2ccccc2)C(O)=C1C(c1ccccc1CS(=O)(=O)c1ccccc1)C1CC1. The molecule has 0 saturated heterocycles. The van der Waals surface area contributed by atoms with E-state index in [9.17, 15) is 18.3 Å². The van der Waals surface area contributed by atoms with E-state index in [1.807, 2.05) is 84.9 Å². The Morgan fingerprint density at radius 2 is 1.27 bits per heavy atom. The molecule has 0 bridgehead atoms. The number of cyclic esters (lactones) is 1. The first-order chi connectivity index (χ1) is 19.9. The molecule has 0 amide bonds. The van der Waals surface area contributed by atoms with Crippen LogP contribution < -0.4 is 0 Å². The Morgan fingerprint density at radius 1 is 0.756 bits per heavy atom. The summed E-state index contributed by atoms with van der Waals surface area (Å²) in [6.07, 6.45) is 2.42. The van der Waals surface area contributed by atoms with Gasteiger partial charge in [0.15, 0.2) is 15.4 Å². The second-order valence-electron chi connectivity index (χ2n) is 11.1. The van der Waals surface area contributed by atoms with Crippen molar-refractivity contribution in [2.45, 2.75) is 47.9 Å². The maximum absolute atomic E-state index is 13.8. The van der Waals surface area contributed by atoms with Crippen LogP contribution in [0.4, 0.5) is 0 Å². The Kier molecular flexibility index (Phi) is 7.26. The Labute approximate surface area is 241 Å². The normalized spacial score (nSPS) is 17.3. The number of carbonyl (C=O) groups excluding carboxylic acids is 1. The number of hydrogen-bond acceptors (Lipinski definition) is 5. The number of aliphatic hydroxyl groups excluding tert-OH is 1. The Balaban J connectivity index is 1.44. The predicted octanol–water partition coefficient (Wildman–Crippen LogP) is 6.75. The number of aliphatic hydroxyl groups is 1. The van der Waals surface area contributed by atoms with Crippen LogP contribution in [0.5, 0.6) is 0 Å². The first-order valence-electron chi connectivity index (χ1n) is 14.0. The maximum atomic E-state index is 13.8. The minimum atomic E-state index is -3.62. The van der Waals surface area contributed by atoms with Crippen molar-refractivity contribution in [1.82, 2.24) is 0 Å². The number of carbonyl (C=O) groups is 1. The van der Waals surface area contributed by atoms with Crippen molar-refractivity contribution in [2.24, 2.45) is 5.92 Å². The predicted molar refractivity (Wildman–Crippen MR) is 158 cm³/mol. The van der Waals surface area contributed by atoms with Crippen LogP contribution in [0.25, 0.3) is 0 Å². The molecule has 2 aliphatic rings. The summed E-state index contributed by atoms with van der Waals surface area (Å²) in [4.78, 5) is 14.0. The molecule has 1 unspecified atom stereocenters. The third-order valence-corrected chi connectivity index (χ3v) is 9.78. The molecule has 6 heteroatoms. The van der Waals surface area contributed by atoms with Crippen molar-refractivity contribution < 1.29 is 23.1 Å². The Hall–Kier alpha value is -4.16. The standard InChI is InChI=1S/C35H32O5S/c36-33-32(34(37)40-35(33,22-25-12-4-1-5-13-25)23-26-14-6-2-7-15-26)31(27-20-21-27)30-19-11-10-16-28(30)24-41(38,39)29-17-8-3-9-18-29/h1-19,27,31,36H,20-24H2. The zero-order valence-electron chi connectivity index (χ0n) is 22.6. The van der Waals surface area contributed by atoms with Crippen LogP contribution >= 0.6 is 0 Å². The van der Waals surface area contributed by atoms with E-state index < -0.39 is 27.3 Å². The second kappa shape index (κ2) is 11.0. The van der Waals surface area contributed by atoms with E-state index in [0.29, 0.717) is 18.4 Å². The second-order valence-corrected chi connectivity index (χ2v) is 13.0. The molecule has 1 fully saturated rings. The Morgan fingerprint density at radius 3 is 1.83 bits per heavy atom. The summed E-state index contributed by atoms with van der Waals surface area (Å²) in [5.74, 6) is -1.12. The molecule has 1 aliphatic carbocycles. The molecule has 1 aliphatic heterocycles. The Bertz CT molecular complexity index is 1630. The maximum Gasteiger partial charge on any atom is 0.339 e. The van der Waals surface area contributed by atoms with E-state index >= 15 is 0 Å². The van der Waals surface area contributed by atoms with Crippen LogP contribution in [0.2, 0.25) is 0 Å². The molecule has 0 aromatic heterocycles. The molecule has 1 saturated carbocycles. The average molecular weight is 565 g/mol. The molecule has 5 nitrogen and oxygen atoms in total. The highest BCUT2D eigenvalue weighted by molar-refractivity contribution is 7.90. The van der Waals surface area contributed by atoms with Crippen LogP contribution in [0.3, 0.4) is 0 Å². The van der Waals surface area contributed by atoms with E-state index in [0.717, 1.165) is 29.5 Å². The number of rotatable bonds is 10. The van der Waals surface area contributed by atoms with Gasteiger partial charge in [0.2, 0.25) is 0 Å². The lowest BCUT2D eigenvalue weighted by molar-refractivity contribution is -0.148. The van der Waals surface area contributed by atoms with Crippen molar-refractivity contribution in [3.05, 3.63) is 149 Å². The van der Waals surface area contributed by atoms with E-state index in [1.165, 1.54) is 0 Å². The molecular formula is C35H32O5S. The van der Waals surface area contributed by atoms with Crippen molar-refractivity contribution in [1.29, 1.82) is 0 Å². The molecular weight excluding hydrogens is 532 g/mol. The van der Waals surface area contributed by atoms with E-state index in [1.54, 1.807) is 30.3 Å². The lowest BCUT2D eigenvalue weighted by atomic mass is 9.80. The van der Waals surface area contributed by atoms with Crippen LogP contribution in [0, 0.1) is 5.92 Å². The van der Waals surface area contributed by atoms with Crippen molar-refractivity contribution in [3.8, 4) is 0 Å². The van der Waals surface area contributed by atoms with Gasteiger partial charge in [-0.05, 0) is 53.1 Å². The van der Waals surface area contributed by atoms with Gasteiger partial charge in [-0.25, -0.2) is 13.2 Å². The van der Waals surface area contributed by atoms with Gasteiger partial charge in [0.05, 0.1) is 16.2 Å². The summed E-state index contributed by atoms with van der Waals surface area (Å²) in [5, 5.41) is 12.0. The molecule has 41 heavy (non-hydrogen) atoms. The van der Waals surface area contributed by atoms with Gasteiger partial charge in [0, 0.05) is 18.8 Å². The van der Waals surface area contributed by atoms with E-state index in [4.69, 9.17) is 4.74 Å². The zero-order chi connectivity index (χ0) is 28.5. The molecule has 0 radical (unpaired) electrons. The van der Waals surface area contributed by atoms with Crippen LogP contribution in [-0.4, -0.2) is 25.1 Å². The summed E-state index contributed by atoms with van der Waals surface area (Å²) in [6, 6.07) is 35.2. The number of hydrogen-bond donors (Lipinski definition) is 1. The van der Waals surface area contributed by atoms with Crippen molar-refractivity contribution in [2.75, 3.05) is 0 Å².